The van der Waals surface area contributed by atoms with Crippen LogP contribution >= 0.6 is 0 Å². The molecule has 0 saturated carbocycles. The lowest BCUT2D eigenvalue weighted by atomic mass is 9.88. The van der Waals surface area contributed by atoms with Crippen LogP contribution in [0.25, 0.3) is 93.7 Å². The van der Waals surface area contributed by atoms with Crippen LogP contribution in [0.3, 0.4) is 0 Å². The van der Waals surface area contributed by atoms with Crippen molar-refractivity contribution in [1.29, 1.82) is 0 Å². The van der Waals surface area contributed by atoms with Crippen LogP contribution < -0.4 is 0 Å². The third-order valence-electron chi connectivity index (χ3n) is 11.1. The van der Waals surface area contributed by atoms with Crippen molar-refractivity contribution in [2.75, 3.05) is 0 Å². The molecule has 52 heavy (non-hydrogen) atoms. The molecule has 0 amide bonds. The molecule has 0 atom stereocenters. The summed E-state index contributed by atoms with van der Waals surface area (Å²) in [4.78, 5) is 11.0. The molecule has 2 heterocycles. The third kappa shape index (κ3) is 4.32. The predicted octanol–water partition coefficient (Wildman–Crippen LogP) is 12.5. The van der Waals surface area contributed by atoms with Gasteiger partial charge >= 0.3 is 0 Å². The van der Waals surface area contributed by atoms with E-state index >= 15 is 0 Å². The Labute approximate surface area is 301 Å². The molecule has 8 aromatic carbocycles. The SMILES string of the molecule is c1ccc(-c2nc(-n3c4ccccc4c4c5c(c6ccccc6c43)CCCc3ccccc3-5)nc3cc(-c4cccc5ccccc45)ccc23)cc1. The average Bonchev–Trinajstić information content (AvgIpc) is 3.43. The van der Waals surface area contributed by atoms with Crippen LogP contribution in [0.2, 0.25) is 0 Å². The van der Waals surface area contributed by atoms with Gasteiger partial charge in [-0.15, -0.1) is 0 Å². The first-order valence-corrected chi connectivity index (χ1v) is 18.2. The molecule has 3 nitrogen and oxygen atoms in total. The minimum atomic E-state index is 0.680. The fraction of sp³-hybridized carbons (Fsp3) is 0.0612. The second-order valence-electron chi connectivity index (χ2n) is 14.0. The Balaban J connectivity index is 1.29. The zero-order valence-electron chi connectivity index (χ0n) is 28.6. The average molecular weight is 664 g/mol. The Hall–Kier alpha value is -6.58. The quantitative estimate of drug-likeness (QED) is 0.188. The number of aryl methyl sites for hydroxylation is 2. The molecule has 11 rings (SSSR count). The van der Waals surface area contributed by atoms with Crippen LogP contribution in [-0.2, 0) is 12.8 Å². The fourth-order valence-corrected chi connectivity index (χ4v) is 8.87. The molecule has 244 valence electrons. The Morgan fingerprint density at radius 1 is 0.481 bits per heavy atom. The van der Waals surface area contributed by atoms with Gasteiger partial charge in [0.2, 0.25) is 5.95 Å². The van der Waals surface area contributed by atoms with E-state index in [-0.39, 0.29) is 0 Å². The van der Waals surface area contributed by atoms with Crippen LogP contribution in [0.1, 0.15) is 17.5 Å². The molecule has 10 aromatic rings. The van der Waals surface area contributed by atoms with Gasteiger partial charge in [-0.3, -0.25) is 4.57 Å². The Morgan fingerprint density at radius 3 is 2.10 bits per heavy atom. The highest BCUT2D eigenvalue weighted by molar-refractivity contribution is 6.25. The molecule has 0 saturated heterocycles. The minimum absolute atomic E-state index is 0.680. The van der Waals surface area contributed by atoms with E-state index < -0.39 is 0 Å². The van der Waals surface area contributed by atoms with Crippen LogP contribution in [0.15, 0.2) is 164 Å². The van der Waals surface area contributed by atoms with Crippen molar-refractivity contribution in [2.45, 2.75) is 19.3 Å². The van der Waals surface area contributed by atoms with Crippen molar-refractivity contribution in [3.8, 4) is 39.5 Å². The maximum absolute atomic E-state index is 5.50. The summed E-state index contributed by atoms with van der Waals surface area (Å²) in [7, 11) is 0. The van der Waals surface area contributed by atoms with Crippen molar-refractivity contribution in [2.24, 2.45) is 0 Å². The molecule has 0 fully saturated rings. The molecular weight excluding hydrogens is 631 g/mol. The molecule has 3 heteroatoms. The summed E-state index contributed by atoms with van der Waals surface area (Å²) in [5.74, 6) is 0.680. The molecule has 1 aliphatic rings. The lowest BCUT2D eigenvalue weighted by molar-refractivity contribution is 0.839. The van der Waals surface area contributed by atoms with Gasteiger partial charge in [-0.05, 0) is 87.0 Å². The monoisotopic (exact) mass is 663 g/mol. The second-order valence-corrected chi connectivity index (χ2v) is 14.0. The molecule has 0 N–H and O–H groups in total. The van der Waals surface area contributed by atoms with Gasteiger partial charge in [0.25, 0.3) is 0 Å². The molecule has 1 aliphatic carbocycles. The molecule has 2 aromatic heterocycles. The van der Waals surface area contributed by atoms with Gasteiger partial charge in [0.15, 0.2) is 0 Å². The molecule has 0 spiro atoms. The van der Waals surface area contributed by atoms with E-state index in [9.17, 15) is 0 Å². The van der Waals surface area contributed by atoms with Gasteiger partial charge in [0, 0.05) is 27.1 Å². The minimum Gasteiger partial charge on any atom is -0.277 e. The van der Waals surface area contributed by atoms with Gasteiger partial charge in [-0.1, -0.05) is 146 Å². The van der Waals surface area contributed by atoms with E-state index in [1.54, 1.807) is 0 Å². The largest absolute Gasteiger partial charge is 0.277 e. The maximum atomic E-state index is 5.50. The zero-order chi connectivity index (χ0) is 34.2. The molecule has 0 aliphatic heterocycles. The topological polar surface area (TPSA) is 30.7 Å². The predicted molar refractivity (Wildman–Crippen MR) is 217 cm³/mol. The summed E-state index contributed by atoms with van der Waals surface area (Å²) in [5.41, 5.74) is 13.1. The van der Waals surface area contributed by atoms with E-state index in [0.717, 1.165) is 58.0 Å². The summed E-state index contributed by atoms with van der Waals surface area (Å²) in [6.07, 6.45) is 3.25. The van der Waals surface area contributed by atoms with Crippen LogP contribution in [0.5, 0.6) is 0 Å². The molecular formula is C49H33N3. The van der Waals surface area contributed by atoms with Crippen molar-refractivity contribution in [3.63, 3.8) is 0 Å². The van der Waals surface area contributed by atoms with Crippen LogP contribution in [0.4, 0.5) is 0 Å². The van der Waals surface area contributed by atoms with Gasteiger partial charge in [0.1, 0.15) is 0 Å². The third-order valence-corrected chi connectivity index (χ3v) is 11.1. The van der Waals surface area contributed by atoms with Crippen LogP contribution in [0, 0.1) is 0 Å². The number of hydrogen-bond acceptors (Lipinski definition) is 2. The normalized spacial score (nSPS) is 12.8. The highest BCUT2D eigenvalue weighted by atomic mass is 15.2. The van der Waals surface area contributed by atoms with E-state index in [4.69, 9.17) is 9.97 Å². The highest BCUT2D eigenvalue weighted by Gasteiger charge is 2.26. The maximum Gasteiger partial charge on any atom is 0.235 e. The van der Waals surface area contributed by atoms with E-state index in [1.807, 2.05) is 0 Å². The van der Waals surface area contributed by atoms with Gasteiger partial charge in [-0.25, -0.2) is 9.97 Å². The number of benzene rings is 8. The van der Waals surface area contributed by atoms with Gasteiger partial charge in [-0.2, -0.15) is 0 Å². The van der Waals surface area contributed by atoms with Crippen molar-refractivity contribution < 1.29 is 0 Å². The molecule has 0 radical (unpaired) electrons. The Kier molecular flexibility index (Phi) is 6.44. The summed E-state index contributed by atoms with van der Waals surface area (Å²) >= 11 is 0. The number of nitrogens with zero attached hydrogens (tertiary/aromatic N) is 3. The van der Waals surface area contributed by atoms with E-state index in [2.05, 4.69) is 168 Å². The van der Waals surface area contributed by atoms with E-state index in [1.165, 1.54) is 60.1 Å². The number of hydrogen-bond donors (Lipinski definition) is 0. The molecule has 0 bridgehead atoms. The first kappa shape index (κ1) is 29.2. The number of aromatic nitrogens is 3. The zero-order valence-corrected chi connectivity index (χ0v) is 28.6. The van der Waals surface area contributed by atoms with Crippen molar-refractivity contribution >= 4 is 54.3 Å². The number of fused-ring (bicyclic) bond motifs is 12. The number of para-hydroxylation sites is 1. The summed E-state index contributed by atoms with van der Waals surface area (Å²) in [6.45, 7) is 0. The summed E-state index contributed by atoms with van der Waals surface area (Å²) in [5, 5.41) is 8.56. The van der Waals surface area contributed by atoms with Gasteiger partial charge < -0.3 is 0 Å². The summed E-state index contributed by atoms with van der Waals surface area (Å²) < 4.78 is 2.34. The van der Waals surface area contributed by atoms with E-state index in [0.29, 0.717) is 5.95 Å². The highest BCUT2D eigenvalue weighted by Crippen LogP contribution is 2.47. The lowest BCUT2D eigenvalue weighted by Crippen LogP contribution is -2.04. The molecule has 0 unspecified atom stereocenters. The second kappa shape index (κ2) is 11.5. The lowest BCUT2D eigenvalue weighted by Gasteiger charge is -2.17. The Morgan fingerprint density at radius 2 is 1.19 bits per heavy atom. The van der Waals surface area contributed by atoms with Gasteiger partial charge in [0.05, 0.1) is 22.2 Å². The smallest absolute Gasteiger partial charge is 0.235 e. The Bertz CT molecular complexity index is 3040. The number of rotatable bonds is 3. The summed E-state index contributed by atoms with van der Waals surface area (Å²) in [6, 6.07) is 59.2. The van der Waals surface area contributed by atoms with Crippen molar-refractivity contribution in [1.82, 2.24) is 14.5 Å². The first-order valence-electron chi connectivity index (χ1n) is 18.2. The first-order chi connectivity index (χ1) is 25.8. The van der Waals surface area contributed by atoms with Crippen molar-refractivity contribution in [3.05, 3.63) is 175 Å². The fourth-order valence-electron chi connectivity index (χ4n) is 8.87. The standard InChI is InChI=1S/C49H33N3/c1-2-16-33(17-3-1)47-41-29-28-34(36-25-12-18-31-14-4-6-20-35(31)36)30-43(41)50-49(51-47)52-44-27-11-10-24-42(44)46-45-37-21-7-5-15-32(37)19-13-26-39(45)38-22-8-9-23-40(38)48(46)52/h1-12,14-18,20-25,27-30H,13,19,26H2. The van der Waals surface area contributed by atoms with Crippen LogP contribution in [-0.4, -0.2) is 14.5 Å².